The van der Waals surface area contributed by atoms with Crippen molar-refractivity contribution in [2.45, 2.75) is 38.8 Å². The average Bonchev–Trinajstić information content (AvgIpc) is 3.41. The Morgan fingerprint density at radius 1 is 1.08 bits per heavy atom. The van der Waals surface area contributed by atoms with Gasteiger partial charge in [-0.15, -0.1) is 0 Å². The Hall–Kier alpha value is -2.27. The number of nitrogens with one attached hydrogen (secondary N) is 2. The molecule has 2 atom stereocenters. The number of aryl methyl sites for hydroxylation is 1. The van der Waals surface area contributed by atoms with Crippen LogP contribution in [0.25, 0.3) is 0 Å². The van der Waals surface area contributed by atoms with E-state index in [9.17, 15) is 13.6 Å². The highest BCUT2D eigenvalue weighted by Gasteiger charge is 2.34. The number of para-hydroxylation sites is 1. The molecule has 1 fully saturated rings. The van der Waals surface area contributed by atoms with Crippen LogP contribution in [-0.2, 0) is 4.79 Å². The zero-order valence-corrected chi connectivity index (χ0v) is 14.4. The predicted octanol–water partition coefficient (Wildman–Crippen LogP) is 4.34. The Morgan fingerprint density at radius 2 is 1.68 bits per heavy atom. The van der Waals surface area contributed by atoms with Crippen LogP contribution in [0.3, 0.4) is 0 Å². The Labute approximate surface area is 146 Å². The van der Waals surface area contributed by atoms with Crippen LogP contribution < -0.4 is 10.6 Å². The monoisotopic (exact) mass is 344 g/mol. The van der Waals surface area contributed by atoms with Crippen molar-refractivity contribution in [1.29, 1.82) is 0 Å². The maximum atomic E-state index is 13.7. The van der Waals surface area contributed by atoms with Crippen molar-refractivity contribution >= 4 is 11.6 Å². The normalized spacial score (nSPS) is 16.3. The molecule has 1 amide bonds. The number of hydrogen-bond acceptors (Lipinski definition) is 2. The van der Waals surface area contributed by atoms with Crippen LogP contribution in [0.4, 0.5) is 14.5 Å². The molecule has 0 heterocycles. The van der Waals surface area contributed by atoms with Crippen LogP contribution in [0.1, 0.15) is 36.9 Å². The molecule has 2 aromatic rings. The Kier molecular flexibility index (Phi) is 5.13. The van der Waals surface area contributed by atoms with Gasteiger partial charge in [0.25, 0.3) is 0 Å². The standard InChI is InChI=1S/C20H22F2N2O/c1-12-6-8-14(9-7-12)18(15-10-11-15)23-13(2)20(25)24-19-16(21)4-3-5-17(19)22/h3-9,13,15,18,23H,10-11H2,1-2H3,(H,24,25)/t13-,18+/m1/s1. The van der Waals surface area contributed by atoms with Gasteiger partial charge < -0.3 is 5.32 Å². The van der Waals surface area contributed by atoms with Crippen molar-refractivity contribution in [3.8, 4) is 0 Å². The second-order valence-corrected chi connectivity index (χ2v) is 6.70. The molecule has 0 aromatic heterocycles. The highest BCUT2D eigenvalue weighted by atomic mass is 19.1. The molecule has 0 spiro atoms. The molecular formula is C20H22F2N2O. The fraction of sp³-hybridized carbons (Fsp3) is 0.350. The largest absolute Gasteiger partial charge is 0.320 e. The molecule has 3 nitrogen and oxygen atoms in total. The summed E-state index contributed by atoms with van der Waals surface area (Å²) >= 11 is 0. The summed E-state index contributed by atoms with van der Waals surface area (Å²) in [5.41, 5.74) is 1.91. The van der Waals surface area contributed by atoms with E-state index in [2.05, 4.69) is 22.8 Å². The lowest BCUT2D eigenvalue weighted by Gasteiger charge is -2.23. The molecule has 0 saturated heterocycles. The van der Waals surface area contributed by atoms with Gasteiger partial charge in [0.1, 0.15) is 17.3 Å². The van der Waals surface area contributed by atoms with E-state index in [1.807, 2.05) is 19.1 Å². The number of halogens is 2. The zero-order chi connectivity index (χ0) is 18.0. The summed E-state index contributed by atoms with van der Waals surface area (Å²) in [6, 6.07) is 11.2. The van der Waals surface area contributed by atoms with Gasteiger partial charge in [-0.1, -0.05) is 35.9 Å². The third-order valence-corrected chi connectivity index (χ3v) is 4.56. The smallest absolute Gasteiger partial charge is 0.241 e. The number of carbonyl (C=O) groups is 1. The van der Waals surface area contributed by atoms with Crippen LogP contribution in [0.2, 0.25) is 0 Å². The maximum absolute atomic E-state index is 13.7. The van der Waals surface area contributed by atoms with Crippen molar-refractivity contribution in [1.82, 2.24) is 5.32 Å². The summed E-state index contributed by atoms with van der Waals surface area (Å²) in [5, 5.41) is 5.67. The van der Waals surface area contributed by atoms with E-state index in [0.717, 1.165) is 30.5 Å². The Morgan fingerprint density at radius 3 is 2.24 bits per heavy atom. The quantitative estimate of drug-likeness (QED) is 0.818. The fourth-order valence-corrected chi connectivity index (χ4v) is 2.90. The van der Waals surface area contributed by atoms with Crippen molar-refractivity contribution < 1.29 is 13.6 Å². The second-order valence-electron chi connectivity index (χ2n) is 6.70. The van der Waals surface area contributed by atoms with Gasteiger partial charge in [-0.05, 0) is 50.3 Å². The van der Waals surface area contributed by atoms with Crippen molar-refractivity contribution in [3.05, 3.63) is 65.2 Å². The van der Waals surface area contributed by atoms with Gasteiger partial charge in [-0.25, -0.2) is 8.78 Å². The SMILES string of the molecule is Cc1ccc([C@H](N[C@H](C)C(=O)Nc2c(F)cccc2F)C2CC2)cc1. The molecule has 2 N–H and O–H groups in total. The molecule has 5 heteroatoms. The molecule has 1 aliphatic rings. The maximum Gasteiger partial charge on any atom is 0.241 e. The summed E-state index contributed by atoms with van der Waals surface area (Å²) in [4.78, 5) is 12.4. The molecule has 132 valence electrons. The van der Waals surface area contributed by atoms with E-state index >= 15 is 0 Å². The van der Waals surface area contributed by atoms with E-state index in [0.29, 0.717) is 5.92 Å². The van der Waals surface area contributed by atoms with Crippen LogP contribution in [0.5, 0.6) is 0 Å². The number of anilines is 1. The van der Waals surface area contributed by atoms with E-state index in [1.165, 1.54) is 11.6 Å². The molecule has 0 radical (unpaired) electrons. The van der Waals surface area contributed by atoms with Gasteiger partial charge >= 0.3 is 0 Å². The van der Waals surface area contributed by atoms with Crippen molar-refractivity contribution in [3.63, 3.8) is 0 Å². The third kappa shape index (κ3) is 4.23. The van der Waals surface area contributed by atoms with Gasteiger partial charge in [-0.3, -0.25) is 10.1 Å². The van der Waals surface area contributed by atoms with Gasteiger partial charge in [0.2, 0.25) is 5.91 Å². The predicted molar refractivity (Wildman–Crippen MR) is 94.2 cm³/mol. The number of rotatable bonds is 6. The molecule has 0 unspecified atom stereocenters. The summed E-state index contributed by atoms with van der Waals surface area (Å²) in [7, 11) is 0. The Balaban J connectivity index is 1.70. The first kappa shape index (κ1) is 17.5. The first-order chi connectivity index (χ1) is 12.0. The minimum absolute atomic E-state index is 0.0619. The van der Waals surface area contributed by atoms with E-state index < -0.39 is 29.3 Å². The number of benzene rings is 2. The van der Waals surface area contributed by atoms with Gasteiger partial charge in [0.15, 0.2) is 0 Å². The van der Waals surface area contributed by atoms with Crippen LogP contribution >= 0.6 is 0 Å². The first-order valence-corrected chi connectivity index (χ1v) is 8.53. The first-order valence-electron chi connectivity index (χ1n) is 8.53. The second kappa shape index (κ2) is 7.31. The lowest BCUT2D eigenvalue weighted by Crippen LogP contribution is -2.41. The minimum atomic E-state index is -0.780. The summed E-state index contributed by atoms with van der Waals surface area (Å²) in [6.07, 6.45) is 2.23. The summed E-state index contributed by atoms with van der Waals surface area (Å²) in [6.45, 7) is 3.74. The van der Waals surface area contributed by atoms with Gasteiger partial charge in [-0.2, -0.15) is 0 Å². The van der Waals surface area contributed by atoms with Crippen LogP contribution in [-0.4, -0.2) is 11.9 Å². The molecule has 25 heavy (non-hydrogen) atoms. The lowest BCUT2D eigenvalue weighted by atomic mass is 10.00. The Bertz CT molecular complexity index is 737. The number of carbonyl (C=O) groups excluding carboxylic acids is 1. The summed E-state index contributed by atoms with van der Waals surface area (Å²) < 4.78 is 27.4. The molecule has 1 saturated carbocycles. The average molecular weight is 344 g/mol. The lowest BCUT2D eigenvalue weighted by molar-refractivity contribution is -0.118. The van der Waals surface area contributed by atoms with E-state index in [4.69, 9.17) is 0 Å². The number of amides is 1. The topological polar surface area (TPSA) is 41.1 Å². The van der Waals surface area contributed by atoms with Crippen molar-refractivity contribution in [2.24, 2.45) is 5.92 Å². The molecule has 2 aromatic carbocycles. The molecule has 1 aliphatic carbocycles. The van der Waals surface area contributed by atoms with Gasteiger partial charge in [0, 0.05) is 6.04 Å². The van der Waals surface area contributed by atoms with Crippen LogP contribution in [0.15, 0.2) is 42.5 Å². The minimum Gasteiger partial charge on any atom is -0.320 e. The molecular weight excluding hydrogens is 322 g/mol. The summed E-state index contributed by atoms with van der Waals surface area (Å²) in [5.74, 6) is -1.53. The van der Waals surface area contributed by atoms with E-state index in [-0.39, 0.29) is 6.04 Å². The van der Waals surface area contributed by atoms with Crippen molar-refractivity contribution in [2.75, 3.05) is 5.32 Å². The van der Waals surface area contributed by atoms with E-state index in [1.54, 1.807) is 6.92 Å². The van der Waals surface area contributed by atoms with Crippen LogP contribution in [0, 0.1) is 24.5 Å². The molecule has 0 bridgehead atoms. The fourth-order valence-electron chi connectivity index (χ4n) is 2.90. The molecule has 0 aliphatic heterocycles. The zero-order valence-electron chi connectivity index (χ0n) is 14.4. The molecule has 3 rings (SSSR count). The highest BCUT2D eigenvalue weighted by Crippen LogP contribution is 2.41. The van der Waals surface area contributed by atoms with Gasteiger partial charge in [0.05, 0.1) is 6.04 Å². The third-order valence-electron chi connectivity index (χ3n) is 4.56. The highest BCUT2D eigenvalue weighted by molar-refractivity contribution is 5.94. The number of hydrogen-bond donors (Lipinski definition) is 2.